The highest BCUT2D eigenvalue weighted by Gasteiger charge is 2.30. The SMILES string of the molecule is FC(F)(F)c1ccc(N[C@H]2Cc3cncn3C2)nc1. The van der Waals surface area contributed by atoms with E-state index >= 15 is 0 Å². The third kappa shape index (κ3) is 2.40. The summed E-state index contributed by atoms with van der Waals surface area (Å²) in [5.41, 5.74) is 0.379. The summed E-state index contributed by atoms with van der Waals surface area (Å²) in [6, 6.07) is 2.53. The summed E-state index contributed by atoms with van der Waals surface area (Å²) in [7, 11) is 0. The quantitative estimate of drug-likeness (QED) is 0.909. The lowest BCUT2D eigenvalue weighted by Crippen LogP contribution is -2.21. The van der Waals surface area contributed by atoms with Crippen molar-refractivity contribution in [3.63, 3.8) is 0 Å². The Hall–Kier alpha value is -2.05. The van der Waals surface area contributed by atoms with Crippen molar-refractivity contribution in [3.8, 4) is 0 Å². The zero-order valence-corrected chi connectivity index (χ0v) is 9.85. The Morgan fingerprint density at radius 2 is 2.11 bits per heavy atom. The minimum Gasteiger partial charge on any atom is -0.365 e. The van der Waals surface area contributed by atoms with E-state index in [1.807, 2.05) is 4.57 Å². The standard InChI is InChI=1S/C12H11F3N4/c13-12(14,15)8-1-2-11(17-4-8)18-9-3-10-5-16-7-19(10)6-9/h1-2,4-5,7,9H,3,6H2,(H,17,18)/t9-/m0/s1. The van der Waals surface area contributed by atoms with E-state index in [1.165, 1.54) is 6.07 Å². The van der Waals surface area contributed by atoms with Crippen LogP contribution in [0.25, 0.3) is 0 Å². The molecule has 3 heterocycles. The van der Waals surface area contributed by atoms with Crippen LogP contribution < -0.4 is 5.32 Å². The lowest BCUT2D eigenvalue weighted by atomic mass is 10.2. The smallest absolute Gasteiger partial charge is 0.365 e. The van der Waals surface area contributed by atoms with Crippen molar-refractivity contribution in [2.45, 2.75) is 25.2 Å². The molecule has 0 unspecified atom stereocenters. The summed E-state index contributed by atoms with van der Waals surface area (Å²) in [5, 5.41) is 3.13. The van der Waals surface area contributed by atoms with Gasteiger partial charge in [0.25, 0.3) is 0 Å². The van der Waals surface area contributed by atoms with Gasteiger partial charge in [0.2, 0.25) is 0 Å². The Labute approximate surface area is 107 Å². The lowest BCUT2D eigenvalue weighted by molar-refractivity contribution is -0.137. The lowest BCUT2D eigenvalue weighted by Gasteiger charge is -2.13. The molecular weight excluding hydrogens is 257 g/mol. The number of fused-ring (bicyclic) bond motifs is 1. The number of hydrogen-bond donors (Lipinski definition) is 1. The van der Waals surface area contributed by atoms with E-state index in [-0.39, 0.29) is 6.04 Å². The number of nitrogens with one attached hydrogen (secondary N) is 1. The molecule has 0 saturated carbocycles. The molecule has 19 heavy (non-hydrogen) atoms. The highest BCUT2D eigenvalue weighted by Crippen LogP contribution is 2.29. The van der Waals surface area contributed by atoms with Crippen molar-refractivity contribution in [1.29, 1.82) is 0 Å². The molecule has 0 fully saturated rings. The molecular formula is C12H11F3N4. The first kappa shape index (κ1) is 12.0. The van der Waals surface area contributed by atoms with E-state index in [9.17, 15) is 13.2 Å². The fourth-order valence-electron chi connectivity index (χ4n) is 2.19. The Morgan fingerprint density at radius 3 is 2.74 bits per heavy atom. The molecule has 0 bridgehead atoms. The van der Waals surface area contributed by atoms with E-state index in [4.69, 9.17) is 0 Å². The van der Waals surface area contributed by atoms with Crippen LogP contribution in [0.5, 0.6) is 0 Å². The van der Waals surface area contributed by atoms with Crippen molar-refractivity contribution in [1.82, 2.24) is 14.5 Å². The molecule has 0 aliphatic carbocycles. The third-order valence-corrected chi connectivity index (χ3v) is 3.11. The van der Waals surface area contributed by atoms with Crippen LogP contribution in [-0.4, -0.2) is 20.6 Å². The molecule has 0 amide bonds. The second-order valence-electron chi connectivity index (χ2n) is 4.51. The van der Waals surface area contributed by atoms with Crippen molar-refractivity contribution >= 4 is 5.82 Å². The first-order chi connectivity index (χ1) is 9.02. The zero-order valence-electron chi connectivity index (χ0n) is 9.85. The number of alkyl halides is 3. The van der Waals surface area contributed by atoms with Crippen LogP contribution in [-0.2, 0) is 19.1 Å². The van der Waals surface area contributed by atoms with Crippen LogP contribution in [0.3, 0.4) is 0 Å². The fourth-order valence-corrected chi connectivity index (χ4v) is 2.19. The normalized spacial score (nSPS) is 18.4. The summed E-state index contributed by atoms with van der Waals surface area (Å²) >= 11 is 0. The van der Waals surface area contributed by atoms with E-state index in [1.54, 1.807) is 12.5 Å². The van der Waals surface area contributed by atoms with E-state index in [2.05, 4.69) is 15.3 Å². The van der Waals surface area contributed by atoms with Gasteiger partial charge in [-0.25, -0.2) is 9.97 Å². The van der Waals surface area contributed by atoms with Crippen molar-refractivity contribution in [2.24, 2.45) is 0 Å². The number of pyridine rings is 1. The summed E-state index contributed by atoms with van der Waals surface area (Å²) in [6.45, 7) is 0.748. The fraction of sp³-hybridized carbons (Fsp3) is 0.333. The average molecular weight is 268 g/mol. The Bertz CT molecular complexity index is 553. The Balaban J connectivity index is 1.67. The first-order valence-electron chi connectivity index (χ1n) is 5.81. The maximum Gasteiger partial charge on any atom is 0.417 e. The molecule has 1 atom stereocenters. The number of hydrogen-bond acceptors (Lipinski definition) is 3. The van der Waals surface area contributed by atoms with Crippen LogP contribution in [0.4, 0.5) is 19.0 Å². The van der Waals surface area contributed by atoms with Gasteiger partial charge in [0.05, 0.1) is 17.9 Å². The number of anilines is 1. The van der Waals surface area contributed by atoms with Gasteiger partial charge in [0.15, 0.2) is 0 Å². The van der Waals surface area contributed by atoms with Gasteiger partial charge in [-0.2, -0.15) is 13.2 Å². The predicted molar refractivity (Wildman–Crippen MR) is 62.6 cm³/mol. The molecule has 0 radical (unpaired) electrons. The van der Waals surface area contributed by atoms with E-state index in [0.29, 0.717) is 5.82 Å². The molecule has 7 heteroatoms. The second-order valence-corrected chi connectivity index (χ2v) is 4.51. The third-order valence-electron chi connectivity index (χ3n) is 3.11. The molecule has 0 aromatic carbocycles. The molecule has 1 aliphatic rings. The summed E-state index contributed by atoms with van der Waals surface area (Å²) < 4.78 is 39.2. The zero-order chi connectivity index (χ0) is 13.5. The van der Waals surface area contributed by atoms with Crippen LogP contribution in [0, 0.1) is 0 Å². The molecule has 3 rings (SSSR count). The predicted octanol–water partition coefficient (Wildman–Crippen LogP) is 2.33. The van der Waals surface area contributed by atoms with Crippen LogP contribution in [0.15, 0.2) is 30.9 Å². The highest BCUT2D eigenvalue weighted by atomic mass is 19.4. The van der Waals surface area contributed by atoms with Crippen molar-refractivity contribution < 1.29 is 13.2 Å². The Morgan fingerprint density at radius 1 is 1.26 bits per heavy atom. The van der Waals surface area contributed by atoms with Crippen LogP contribution >= 0.6 is 0 Å². The second kappa shape index (κ2) is 4.25. The molecule has 2 aromatic heterocycles. The minimum atomic E-state index is -4.34. The van der Waals surface area contributed by atoms with E-state index in [0.717, 1.165) is 30.9 Å². The molecule has 0 spiro atoms. The van der Waals surface area contributed by atoms with Gasteiger partial charge in [-0.05, 0) is 12.1 Å². The maximum atomic E-state index is 12.4. The first-order valence-corrected chi connectivity index (χ1v) is 5.81. The average Bonchev–Trinajstić information content (AvgIpc) is 2.89. The summed E-state index contributed by atoms with van der Waals surface area (Å²) in [6.07, 6.45) is 0.837. The van der Waals surface area contributed by atoms with Gasteiger partial charge < -0.3 is 9.88 Å². The maximum absolute atomic E-state index is 12.4. The van der Waals surface area contributed by atoms with Gasteiger partial charge in [0.1, 0.15) is 5.82 Å². The number of nitrogens with zero attached hydrogens (tertiary/aromatic N) is 3. The van der Waals surface area contributed by atoms with Gasteiger partial charge >= 0.3 is 6.18 Å². The highest BCUT2D eigenvalue weighted by molar-refractivity contribution is 5.38. The van der Waals surface area contributed by atoms with Gasteiger partial charge in [-0.3, -0.25) is 0 Å². The van der Waals surface area contributed by atoms with Crippen molar-refractivity contribution in [2.75, 3.05) is 5.32 Å². The molecule has 2 aromatic rings. The van der Waals surface area contributed by atoms with Gasteiger partial charge in [-0.15, -0.1) is 0 Å². The summed E-state index contributed by atoms with van der Waals surface area (Å²) in [5.74, 6) is 0.455. The minimum absolute atomic E-state index is 0.141. The van der Waals surface area contributed by atoms with Crippen LogP contribution in [0.2, 0.25) is 0 Å². The van der Waals surface area contributed by atoms with Gasteiger partial charge in [-0.1, -0.05) is 0 Å². The molecule has 1 N–H and O–H groups in total. The number of rotatable bonds is 2. The Kier molecular flexibility index (Phi) is 2.69. The largest absolute Gasteiger partial charge is 0.417 e. The molecule has 4 nitrogen and oxygen atoms in total. The van der Waals surface area contributed by atoms with Gasteiger partial charge in [0, 0.05) is 31.1 Å². The monoisotopic (exact) mass is 268 g/mol. The number of aromatic nitrogens is 3. The number of imidazole rings is 1. The molecule has 1 aliphatic heterocycles. The molecule has 100 valence electrons. The van der Waals surface area contributed by atoms with Crippen LogP contribution in [0.1, 0.15) is 11.3 Å². The summed E-state index contributed by atoms with van der Waals surface area (Å²) in [4.78, 5) is 7.82. The van der Waals surface area contributed by atoms with E-state index < -0.39 is 11.7 Å². The molecule has 0 saturated heterocycles. The van der Waals surface area contributed by atoms with Crippen molar-refractivity contribution in [3.05, 3.63) is 42.1 Å². The number of halogens is 3. The topological polar surface area (TPSA) is 42.7 Å².